The number of benzene rings is 2. The van der Waals surface area contributed by atoms with Gasteiger partial charge in [-0.15, -0.1) is 0 Å². The van der Waals surface area contributed by atoms with E-state index in [1.54, 1.807) is 30.3 Å². The molecule has 0 bridgehead atoms. The number of rotatable bonds is 9. The van der Waals surface area contributed by atoms with Gasteiger partial charge >= 0.3 is 0 Å². The van der Waals surface area contributed by atoms with Gasteiger partial charge in [-0.25, -0.2) is 13.1 Å². The third kappa shape index (κ3) is 6.07. The molecule has 6 nitrogen and oxygen atoms in total. The number of hydrogen-bond acceptors (Lipinski definition) is 4. The lowest BCUT2D eigenvalue weighted by Gasteiger charge is -2.14. The predicted molar refractivity (Wildman–Crippen MR) is 111 cm³/mol. The fraction of sp³-hybridized carbons (Fsp3) is 0.381. The molecule has 2 unspecified atom stereocenters. The van der Waals surface area contributed by atoms with Crippen molar-refractivity contribution in [2.24, 2.45) is 0 Å². The van der Waals surface area contributed by atoms with Crippen LogP contribution in [0.1, 0.15) is 50.9 Å². The summed E-state index contributed by atoms with van der Waals surface area (Å²) in [5, 5.41) is 2.77. The molecule has 0 aromatic heterocycles. The van der Waals surface area contributed by atoms with E-state index in [4.69, 9.17) is 4.74 Å². The van der Waals surface area contributed by atoms with E-state index < -0.39 is 10.0 Å². The maximum absolute atomic E-state index is 12.5. The maximum atomic E-state index is 12.5. The molecule has 0 saturated carbocycles. The van der Waals surface area contributed by atoms with Crippen LogP contribution in [0.2, 0.25) is 0 Å². The first-order valence-electron chi connectivity index (χ1n) is 9.45. The number of amides is 1. The van der Waals surface area contributed by atoms with Crippen LogP contribution in [0, 0.1) is 0 Å². The predicted octanol–water partition coefficient (Wildman–Crippen LogP) is 4.19. The van der Waals surface area contributed by atoms with E-state index >= 15 is 0 Å². The van der Waals surface area contributed by atoms with E-state index in [0.29, 0.717) is 23.4 Å². The third-order valence-corrected chi connectivity index (χ3v) is 6.01. The second-order valence-corrected chi connectivity index (χ2v) is 8.49. The summed E-state index contributed by atoms with van der Waals surface area (Å²) in [6, 6.07) is 12.9. The average molecular weight is 405 g/mol. The van der Waals surface area contributed by atoms with Crippen molar-refractivity contribution in [2.75, 3.05) is 5.32 Å². The first-order valence-corrected chi connectivity index (χ1v) is 10.9. The molecule has 0 aliphatic carbocycles. The molecule has 0 spiro atoms. The fourth-order valence-electron chi connectivity index (χ4n) is 2.36. The van der Waals surface area contributed by atoms with Gasteiger partial charge in [0.05, 0.1) is 11.0 Å². The molecule has 2 rings (SSSR count). The van der Waals surface area contributed by atoms with Crippen LogP contribution in [-0.4, -0.2) is 26.5 Å². The van der Waals surface area contributed by atoms with E-state index in [-0.39, 0.29) is 22.9 Å². The molecule has 2 aromatic carbocycles. The second-order valence-electron chi connectivity index (χ2n) is 6.77. The number of nitrogens with one attached hydrogen (secondary N) is 2. The van der Waals surface area contributed by atoms with Gasteiger partial charge in [-0.2, -0.15) is 0 Å². The highest BCUT2D eigenvalue weighted by atomic mass is 32.2. The quantitative estimate of drug-likeness (QED) is 0.656. The van der Waals surface area contributed by atoms with Crippen molar-refractivity contribution in [3.63, 3.8) is 0 Å². The zero-order valence-electron chi connectivity index (χ0n) is 16.7. The normalized spacial score (nSPS) is 13.6. The van der Waals surface area contributed by atoms with Gasteiger partial charge in [0.2, 0.25) is 10.0 Å². The van der Waals surface area contributed by atoms with Crippen LogP contribution in [0.5, 0.6) is 5.75 Å². The van der Waals surface area contributed by atoms with E-state index in [9.17, 15) is 13.2 Å². The largest absolute Gasteiger partial charge is 0.491 e. The van der Waals surface area contributed by atoms with Crippen molar-refractivity contribution >= 4 is 21.6 Å². The summed E-state index contributed by atoms with van der Waals surface area (Å²) in [5.74, 6) is 0.350. The van der Waals surface area contributed by atoms with Crippen LogP contribution in [-0.2, 0) is 10.0 Å². The molecular weight excluding hydrogens is 376 g/mol. The Morgan fingerprint density at radius 3 is 2.32 bits per heavy atom. The number of anilines is 1. The minimum Gasteiger partial charge on any atom is -0.491 e. The Balaban J connectivity index is 2.08. The summed E-state index contributed by atoms with van der Waals surface area (Å²) in [5.41, 5.74) is 0.983. The number of ether oxygens (including phenoxy) is 1. The van der Waals surface area contributed by atoms with Crippen LogP contribution in [0.4, 0.5) is 5.69 Å². The molecule has 0 fully saturated rings. The Bertz CT molecular complexity index is 895. The standard InChI is InChI=1S/C21H28N2O4S/c1-5-15(3)23-28(25,26)20-12-10-18(11-13-20)22-21(24)17-8-7-9-19(14-17)27-16(4)6-2/h7-16,23H,5-6H2,1-4H3,(H,22,24). The van der Waals surface area contributed by atoms with Crippen LogP contribution in [0.25, 0.3) is 0 Å². The topological polar surface area (TPSA) is 84.5 Å². The Labute approximate surface area is 167 Å². The van der Waals surface area contributed by atoms with Gasteiger partial charge in [0.1, 0.15) is 5.75 Å². The van der Waals surface area contributed by atoms with Crippen molar-refractivity contribution in [1.29, 1.82) is 0 Å². The average Bonchev–Trinajstić information content (AvgIpc) is 2.68. The number of hydrogen-bond donors (Lipinski definition) is 2. The van der Waals surface area contributed by atoms with Crippen LogP contribution in [0.3, 0.4) is 0 Å². The smallest absolute Gasteiger partial charge is 0.255 e. The summed E-state index contributed by atoms with van der Waals surface area (Å²) in [6.45, 7) is 7.72. The Hall–Kier alpha value is -2.38. The van der Waals surface area contributed by atoms with E-state index in [0.717, 1.165) is 6.42 Å². The third-order valence-electron chi connectivity index (χ3n) is 4.40. The lowest BCUT2D eigenvalue weighted by atomic mass is 10.2. The number of carbonyl (C=O) groups excluding carboxylic acids is 1. The Morgan fingerprint density at radius 2 is 1.71 bits per heavy atom. The molecule has 2 aromatic rings. The zero-order chi connectivity index (χ0) is 20.7. The molecule has 0 saturated heterocycles. The maximum Gasteiger partial charge on any atom is 0.255 e. The van der Waals surface area contributed by atoms with Gasteiger partial charge < -0.3 is 10.1 Å². The minimum atomic E-state index is -3.57. The van der Waals surface area contributed by atoms with Gasteiger partial charge in [0.15, 0.2) is 0 Å². The highest BCUT2D eigenvalue weighted by Gasteiger charge is 2.16. The number of carbonyl (C=O) groups is 1. The molecule has 0 aliphatic heterocycles. The molecule has 1 amide bonds. The SMILES string of the molecule is CCC(C)NS(=O)(=O)c1ccc(NC(=O)c2cccc(OC(C)CC)c2)cc1. The van der Waals surface area contributed by atoms with Crippen molar-refractivity contribution in [3.8, 4) is 5.75 Å². The van der Waals surface area contributed by atoms with Crippen molar-refractivity contribution in [2.45, 2.75) is 57.6 Å². The first-order chi connectivity index (χ1) is 13.2. The molecule has 7 heteroatoms. The monoisotopic (exact) mass is 404 g/mol. The van der Waals surface area contributed by atoms with E-state index in [2.05, 4.69) is 10.0 Å². The molecule has 28 heavy (non-hydrogen) atoms. The molecular formula is C21H28N2O4S. The molecule has 0 radical (unpaired) electrons. The highest BCUT2D eigenvalue weighted by molar-refractivity contribution is 7.89. The Kier molecular flexibility index (Phi) is 7.60. The van der Waals surface area contributed by atoms with Crippen LogP contribution >= 0.6 is 0 Å². The van der Waals surface area contributed by atoms with E-state index in [1.165, 1.54) is 12.1 Å². The molecule has 2 N–H and O–H groups in total. The lowest BCUT2D eigenvalue weighted by molar-refractivity contribution is 0.102. The number of sulfonamides is 1. The summed E-state index contributed by atoms with van der Waals surface area (Å²) in [7, 11) is -3.57. The van der Waals surface area contributed by atoms with Crippen molar-refractivity contribution in [3.05, 3.63) is 54.1 Å². The van der Waals surface area contributed by atoms with Gasteiger partial charge in [0, 0.05) is 17.3 Å². The second kappa shape index (κ2) is 9.71. The zero-order valence-corrected chi connectivity index (χ0v) is 17.5. The first kappa shape index (κ1) is 21.9. The lowest BCUT2D eigenvalue weighted by Crippen LogP contribution is -2.31. The minimum absolute atomic E-state index is 0.0665. The Morgan fingerprint density at radius 1 is 1.04 bits per heavy atom. The summed E-state index contributed by atoms with van der Waals surface area (Å²) in [4.78, 5) is 12.7. The van der Waals surface area contributed by atoms with E-state index in [1.807, 2.05) is 33.8 Å². The molecule has 152 valence electrons. The van der Waals surface area contributed by atoms with Gasteiger partial charge in [-0.05, 0) is 69.2 Å². The molecule has 2 atom stereocenters. The molecule has 0 heterocycles. The van der Waals surface area contributed by atoms with Crippen molar-refractivity contribution in [1.82, 2.24) is 4.72 Å². The van der Waals surface area contributed by atoms with Crippen LogP contribution < -0.4 is 14.8 Å². The highest BCUT2D eigenvalue weighted by Crippen LogP contribution is 2.19. The van der Waals surface area contributed by atoms with Gasteiger partial charge in [-0.1, -0.05) is 19.9 Å². The van der Waals surface area contributed by atoms with Crippen molar-refractivity contribution < 1.29 is 17.9 Å². The van der Waals surface area contributed by atoms with Gasteiger partial charge in [0.25, 0.3) is 5.91 Å². The summed E-state index contributed by atoms with van der Waals surface area (Å²) in [6.07, 6.45) is 1.64. The summed E-state index contributed by atoms with van der Waals surface area (Å²) < 4.78 is 32.9. The summed E-state index contributed by atoms with van der Waals surface area (Å²) >= 11 is 0. The fourth-order valence-corrected chi connectivity index (χ4v) is 3.69. The van der Waals surface area contributed by atoms with Crippen LogP contribution in [0.15, 0.2) is 53.4 Å². The molecule has 0 aliphatic rings. The van der Waals surface area contributed by atoms with Gasteiger partial charge in [-0.3, -0.25) is 4.79 Å².